The molecule has 0 aliphatic carbocycles. The third-order valence-electron chi connectivity index (χ3n) is 4.58. The summed E-state index contributed by atoms with van der Waals surface area (Å²) in [5.74, 6) is 1.35. The number of nitrogens with zero attached hydrogens (tertiary/aromatic N) is 2. The molecule has 2 heterocycles. The Morgan fingerprint density at radius 1 is 1.36 bits per heavy atom. The number of aliphatic imine (C=N–C) groups is 1. The van der Waals surface area contributed by atoms with Crippen LogP contribution in [0.25, 0.3) is 0 Å². The van der Waals surface area contributed by atoms with Gasteiger partial charge in [-0.05, 0) is 57.1 Å². The summed E-state index contributed by atoms with van der Waals surface area (Å²) in [5.41, 5.74) is -0.921. The van der Waals surface area contributed by atoms with Crippen molar-refractivity contribution in [3.8, 4) is 0 Å². The third-order valence-corrected chi connectivity index (χ3v) is 5.70. The smallest absolute Gasteiger partial charge is 0.191 e. The summed E-state index contributed by atoms with van der Waals surface area (Å²) >= 11 is 1.57. The van der Waals surface area contributed by atoms with Gasteiger partial charge in [-0.1, -0.05) is 19.4 Å². The lowest BCUT2D eigenvalue weighted by atomic mass is 10.1. The summed E-state index contributed by atoms with van der Waals surface area (Å²) in [4.78, 5) is 8.12. The Bertz CT molecular complexity index is 510. The standard InChI is InChI=1S/C19H34N4OS/c1-4-20-18(22-15-19(3,24)17-9-8-12-25-17)21-13-16(2)14-23-10-6-5-7-11-23/h8-9,12,16,24H,4-7,10-11,13-15H2,1-3H3,(H2,20,21,22). The molecule has 25 heavy (non-hydrogen) atoms. The average Bonchev–Trinajstić information content (AvgIpc) is 3.14. The van der Waals surface area contributed by atoms with Crippen molar-refractivity contribution in [3.05, 3.63) is 22.4 Å². The molecule has 1 fully saturated rings. The van der Waals surface area contributed by atoms with Crippen LogP contribution in [0.15, 0.2) is 22.5 Å². The molecule has 1 aromatic heterocycles. The average molecular weight is 367 g/mol. The molecule has 142 valence electrons. The van der Waals surface area contributed by atoms with E-state index in [-0.39, 0.29) is 0 Å². The molecule has 0 aromatic carbocycles. The Hall–Kier alpha value is -1.11. The second-order valence-corrected chi connectivity index (χ2v) is 8.24. The molecule has 0 spiro atoms. The van der Waals surface area contributed by atoms with Gasteiger partial charge in [0.25, 0.3) is 0 Å². The molecule has 2 atom stereocenters. The first-order valence-electron chi connectivity index (χ1n) is 9.52. The highest BCUT2D eigenvalue weighted by Crippen LogP contribution is 2.25. The lowest BCUT2D eigenvalue weighted by Gasteiger charge is -2.29. The van der Waals surface area contributed by atoms with E-state index >= 15 is 0 Å². The van der Waals surface area contributed by atoms with Crippen LogP contribution in [0.3, 0.4) is 0 Å². The van der Waals surface area contributed by atoms with Gasteiger partial charge in [-0.25, -0.2) is 4.99 Å². The van der Waals surface area contributed by atoms with Crippen LogP contribution in [-0.2, 0) is 5.60 Å². The maximum atomic E-state index is 10.6. The van der Waals surface area contributed by atoms with Crippen LogP contribution in [0.5, 0.6) is 0 Å². The quantitative estimate of drug-likeness (QED) is 0.489. The maximum Gasteiger partial charge on any atom is 0.191 e. The van der Waals surface area contributed by atoms with Crippen LogP contribution in [0.4, 0.5) is 0 Å². The minimum absolute atomic E-state index is 0.351. The minimum Gasteiger partial charge on any atom is -0.383 e. The van der Waals surface area contributed by atoms with E-state index in [2.05, 4.69) is 34.4 Å². The van der Waals surface area contributed by atoms with Crippen LogP contribution in [-0.4, -0.2) is 55.2 Å². The Labute approximate surface area is 156 Å². The van der Waals surface area contributed by atoms with Crippen LogP contribution in [0, 0.1) is 5.92 Å². The molecule has 2 unspecified atom stereocenters. The zero-order valence-electron chi connectivity index (χ0n) is 15.9. The highest BCUT2D eigenvalue weighted by molar-refractivity contribution is 7.10. The lowest BCUT2D eigenvalue weighted by Crippen LogP contribution is -2.43. The first-order valence-corrected chi connectivity index (χ1v) is 10.4. The van der Waals surface area contributed by atoms with Gasteiger partial charge in [0.15, 0.2) is 5.96 Å². The van der Waals surface area contributed by atoms with E-state index in [4.69, 9.17) is 0 Å². The molecule has 1 saturated heterocycles. The summed E-state index contributed by atoms with van der Waals surface area (Å²) in [6.45, 7) is 11.8. The highest BCUT2D eigenvalue weighted by atomic mass is 32.1. The molecule has 6 heteroatoms. The normalized spacial score (nSPS) is 20.1. The molecule has 0 radical (unpaired) electrons. The molecular weight excluding hydrogens is 332 g/mol. The number of aliphatic hydroxyl groups is 1. The Balaban J connectivity index is 1.82. The molecule has 1 aliphatic rings. The van der Waals surface area contributed by atoms with Gasteiger partial charge in [-0.3, -0.25) is 0 Å². The van der Waals surface area contributed by atoms with Crippen molar-refractivity contribution in [1.82, 2.24) is 15.5 Å². The Morgan fingerprint density at radius 2 is 2.12 bits per heavy atom. The van der Waals surface area contributed by atoms with Crippen molar-refractivity contribution in [2.45, 2.75) is 45.6 Å². The van der Waals surface area contributed by atoms with Gasteiger partial charge in [0.05, 0.1) is 6.54 Å². The van der Waals surface area contributed by atoms with Gasteiger partial charge >= 0.3 is 0 Å². The molecular formula is C19H34N4OS. The zero-order valence-corrected chi connectivity index (χ0v) is 16.7. The van der Waals surface area contributed by atoms with Crippen molar-refractivity contribution in [2.75, 3.05) is 39.3 Å². The first kappa shape index (κ1) is 20.2. The predicted octanol–water partition coefficient (Wildman–Crippen LogP) is 2.63. The van der Waals surface area contributed by atoms with E-state index in [0.717, 1.165) is 30.5 Å². The van der Waals surface area contributed by atoms with E-state index in [1.807, 2.05) is 24.4 Å². The van der Waals surface area contributed by atoms with Crippen LogP contribution >= 0.6 is 11.3 Å². The largest absolute Gasteiger partial charge is 0.383 e. The van der Waals surface area contributed by atoms with Gasteiger partial charge in [-0.15, -0.1) is 11.3 Å². The number of rotatable bonds is 8. The molecule has 2 rings (SSSR count). The van der Waals surface area contributed by atoms with E-state index in [1.165, 1.54) is 32.4 Å². The molecule has 3 N–H and O–H groups in total. The molecule has 1 aliphatic heterocycles. The summed E-state index contributed by atoms with van der Waals surface area (Å²) in [6, 6.07) is 3.92. The Morgan fingerprint density at radius 3 is 2.76 bits per heavy atom. The van der Waals surface area contributed by atoms with Crippen molar-refractivity contribution in [1.29, 1.82) is 0 Å². The number of piperidine rings is 1. The van der Waals surface area contributed by atoms with Crippen LogP contribution < -0.4 is 10.6 Å². The number of thiophene rings is 1. The zero-order chi connectivity index (χ0) is 18.1. The lowest BCUT2D eigenvalue weighted by molar-refractivity contribution is 0.0711. The van der Waals surface area contributed by atoms with Gasteiger partial charge in [0, 0.05) is 24.5 Å². The molecule has 0 saturated carbocycles. The number of hydrogen-bond donors (Lipinski definition) is 3. The number of nitrogens with one attached hydrogen (secondary N) is 2. The fourth-order valence-corrected chi connectivity index (χ4v) is 3.94. The highest BCUT2D eigenvalue weighted by Gasteiger charge is 2.24. The monoisotopic (exact) mass is 366 g/mol. The fourth-order valence-electron chi connectivity index (χ4n) is 3.16. The van der Waals surface area contributed by atoms with Gasteiger partial charge < -0.3 is 20.6 Å². The Kier molecular flexibility index (Phi) is 8.19. The first-order chi connectivity index (χ1) is 12.0. The minimum atomic E-state index is -0.921. The van der Waals surface area contributed by atoms with E-state index in [1.54, 1.807) is 11.3 Å². The summed E-state index contributed by atoms with van der Waals surface area (Å²) in [7, 11) is 0. The summed E-state index contributed by atoms with van der Waals surface area (Å²) < 4.78 is 0. The third kappa shape index (κ3) is 6.96. The van der Waals surface area contributed by atoms with Crippen molar-refractivity contribution in [3.63, 3.8) is 0 Å². The van der Waals surface area contributed by atoms with Gasteiger partial charge in [0.1, 0.15) is 5.60 Å². The summed E-state index contributed by atoms with van der Waals surface area (Å²) in [5, 5.41) is 19.3. The molecule has 5 nitrogen and oxygen atoms in total. The van der Waals surface area contributed by atoms with Crippen LogP contribution in [0.2, 0.25) is 0 Å². The molecule has 1 aromatic rings. The second-order valence-electron chi connectivity index (χ2n) is 7.29. The SMILES string of the molecule is CCNC(=NCC(C)(O)c1cccs1)NCC(C)CN1CCCCC1. The second kappa shape index (κ2) is 10.1. The molecule has 0 bridgehead atoms. The van der Waals surface area contributed by atoms with Crippen molar-refractivity contribution >= 4 is 17.3 Å². The van der Waals surface area contributed by atoms with Crippen molar-refractivity contribution < 1.29 is 5.11 Å². The maximum absolute atomic E-state index is 10.6. The van der Waals surface area contributed by atoms with Crippen molar-refractivity contribution in [2.24, 2.45) is 10.9 Å². The predicted molar refractivity (Wildman–Crippen MR) is 107 cm³/mol. The number of likely N-dealkylation sites (tertiary alicyclic amines) is 1. The number of hydrogen-bond acceptors (Lipinski definition) is 4. The van der Waals surface area contributed by atoms with Crippen LogP contribution in [0.1, 0.15) is 44.9 Å². The van der Waals surface area contributed by atoms with E-state index in [0.29, 0.717) is 12.5 Å². The van der Waals surface area contributed by atoms with Gasteiger partial charge in [0.2, 0.25) is 0 Å². The van der Waals surface area contributed by atoms with E-state index < -0.39 is 5.60 Å². The number of guanidine groups is 1. The topological polar surface area (TPSA) is 59.9 Å². The summed E-state index contributed by atoms with van der Waals surface area (Å²) in [6.07, 6.45) is 4.05. The van der Waals surface area contributed by atoms with Gasteiger partial charge in [-0.2, -0.15) is 0 Å². The fraction of sp³-hybridized carbons (Fsp3) is 0.737. The molecule has 0 amide bonds. The van der Waals surface area contributed by atoms with E-state index in [9.17, 15) is 5.11 Å².